The van der Waals surface area contributed by atoms with Crippen LogP contribution in [0.4, 0.5) is 5.82 Å². The SMILES string of the molecule is CC(Sc1nnc(-c2ccc(Cl)cc2)n1Cc1ccccc1)C(=O)Nc1ccnn1C(C)C. The van der Waals surface area contributed by atoms with Gasteiger partial charge in [0.05, 0.1) is 18.0 Å². The van der Waals surface area contributed by atoms with Gasteiger partial charge in [0.2, 0.25) is 5.91 Å². The van der Waals surface area contributed by atoms with Crippen LogP contribution in [0.25, 0.3) is 11.4 Å². The minimum atomic E-state index is -0.391. The van der Waals surface area contributed by atoms with Gasteiger partial charge in [-0.25, -0.2) is 4.68 Å². The van der Waals surface area contributed by atoms with Crippen LogP contribution in [0.15, 0.2) is 72.0 Å². The van der Waals surface area contributed by atoms with Crippen molar-refractivity contribution in [3.8, 4) is 11.4 Å². The minimum Gasteiger partial charge on any atom is -0.310 e. The molecule has 0 aliphatic rings. The van der Waals surface area contributed by atoms with Crippen molar-refractivity contribution in [1.29, 1.82) is 0 Å². The van der Waals surface area contributed by atoms with Gasteiger partial charge in [-0.1, -0.05) is 53.7 Å². The topological polar surface area (TPSA) is 77.6 Å². The number of anilines is 1. The van der Waals surface area contributed by atoms with E-state index in [9.17, 15) is 4.79 Å². The maximum Gasteiger partial charge on any atom is 0.238 e. The molecule has 4 aromatic rings. The van der Waals surface area contributed by atoms with Crippen molar-refractivity contribution in [2.75, 3.05) is 5.32 Å². The van der Waals surface area contributed by atoms with E-state index in [1.807, 2.05) is 67.8 Å². The molecule has 0 radical (unpaired) electrons. The minimum absolute atomic E-state index is 0.121. The van der Waals surface area contributed by atoms with Gasteiger partial charge in [0.1, 0.15) is 5.82 Å². The molecule has 0 spiro atoms. The van der Waals surface area contributed by atoms with E-state index in [1.54, 1.807) is 16.9 Å². The fourth-order valence-electron chi connectivity index (χ4n) is 3.36. The van der Waals surface area contributed by atoms with Gasteiger partial charge in [0, 0.05) is 22.7 Å². The number of nitrogens with one attached hydrogen (secondary N) is 1. The van der Waals surface area contributed by atoms with Gasteiger partial charge in [-0.15, -0.1) is 10.2 Å². The van der Waals surface area contributed by atoms with E-state index in [2.05, 4.69) is 32.7 Å². The summed E-state index contributed by atoms with van der Waals surface area (Å²) in [6.45, 7) is 6.48. The lowest BCUT2D eigenvalue weighted by Crippen LogP contribution is -2.25. The predicted molar refractivity (Wildman–Crippen MR) is 133 cm³/mol. The number of carbonyl (C=O) groups excluding carboxylic acids is 1. The molecule has 0 aliphatic heterocycles. The van der Waals surface area contributed by atoms with Crippen LogP contribution in [0, 0.1) is 0 Å². The maximum absolute atomic E-state index is 12.9. The summed E-state index contributed by atoms with van der Waals surface area (Å²) in [5.41, 5.74) is 2.03. The van der Waals surface area contributed by atoms with Crippen LogP contribution in [-0.4, -0.2) is 35.7 Å². The van der Waals surface area contributed by atoms with Gasteiger partial charge in [0.25, 0.3) is 0 Å². The molecule has 2 heterocycles. The van der Waals surface area contributed by atoms with Crippen molar-refractivity contribution >= 4 is 35.1 Å². The molecule has 2 aromatic carbocycles. The first kappa shape index (κ1) is 23.1. The normalized spacial score (nSPS) is 12.2. The van der Waals surface area contributed by atoms with Crippen molar-refractivity contribution in [3.05, 3.63) is 77.4 Å². The van der Waals surface area contributed by atoms with Crippen molar-refractivity contribution in [2.45, 2.75) is 43.8 Å². The number of thioether (sulfide) groups is 1. The van der Waals surface area contributed by atoms with E-state index in [0.29, 0.717) is 22.5 Å². The van der Waals surface area contributed by atoms with E-state index < -0.39 is 5.25 Å². The lowest BCUT2D eigenvalue weighted by Gasteiger charge is -2.16. The second-order valence-corrected chi connectivity index (χ2v) is 9.63. The first-order valence-electron chi connectivity index (χ1n) is 10.7. The van der Waals surface area contributed by atoms with Crippen LogP contribution in [0.1, 0.15) is 32.4 Å². The van der Waals surface area contributed by atoms with E-state index >= 15 is 0 Å². The Morgan fingerprint density at radius 3 is 2.45 bits per heavy atom. The number of rotatable bonds is 8. The van der Waals surface area contributed by atoms with E-state index in [4.69, 9.17) is 11.6 Å². The van der Waals surface area contributed by atoms with E-state index in [-0.39, 0.29) is 11.9 Å². The molecule has 1 atom stereocenters. The molecule has 170 valence electrons. The molecule has 0 aliphatic carbocycles. The largest absolute Gasteiger partial charge is 0.310 e. The highest BCUT2D eigenvalue weighted by Gasteiger charge is 2.22. The third-order valence-electron chi connectivity index (χ3n) is 5.06. The first-order chi connectivity index (χ1) is 15.9. The van der Waals surface area contributed by atoms with Crippen LogP contribution in [0.5, 0.6) is 0 Å². The van der Waals surface area contributed by atoms with Gasteiger partial charge < -0.3 is 5.32 Å². The molecule has 0 bridgehead atoms. The highest BCUT2D eigenvalue weighted by atomic mass is 35.5. The molecule has 1 unspecified atom stereocenters. The number of amides is 1. The Hall–Kier alpha value is -3.10. The summed E-state index contributed by atoms with van der Waals surface area (Å²) in [7, 11) is 0. The molecule has 1 amide bonds. The summed E-state index contributed by atoms with van der Waals surface area (Å²) < 4.78 is 3.82. The summed E-state index contributed by atoms with van der Waals surface area (Å²) in [6.07, 6.45) is 1.68. The molecule has 0 fully saturated rings. The van der Waals surface area contributed by atoms with Crippen molar-refractivity contribution in [1.82, 2.24) is 24.5 Å². The lowest BCUT2D eigenvalue weighted by atomic mass is 10.2. The molecule has 33 heavy (non-hydrogen) atoms. The zero-order chi connectivity index (χ0) is 23.4. The Labute approximate surface area is 202 Å². The van der Waals surface area contributed by atoms with Gasteiger partial charge in [0.15, 0.2) is 11.0 Å². The lowest BCUT2D eigenvalue weighted by molar-refractivity contribution is -0.115. The second kappa shape index (κ2) is 10.2. The third kappa shape index (κ3) is 5.46. The first-order valence-corrected chi connectivity index (χ1v) is 11.9. The number of aromatic nitrogens is 5. The molecule has 0 saturated carbocycles. The third-order valence-corrected chi connectivity index (χ3v) is 6.40. The second-order valence-electron chi connectivity index (χ2n) is 7.89. The average Bonchev–Trinajstić information content (AvgIpc) is 3.42. The van der Waals surface area contributed by atoms with Crippen molar-refractivity contribution in [2.24, 2.45) is 0 Å². The zero-order valence-corrected chi connectivity index (χ0v) is 20.2. The summed E-state index contributed by atoms with van der Waals surface area (Å²) >= 11 is 7.44. The molecular formula is C24H25ClN6OS. The molecule has 2 aromatic heterocycles. The highest BCUT2D eigenvalue weighted by molar-refractivity contribution is 8.00. The number of hydrogen-bond acceptors (Lipinski definition) is 5. The number of carbonyl (C=O) groups is 1. The number of nitrogens with zero attached hydrogens (tertiary/aromatic N) is 5. The molecule has 9 heteroatoms. The van der Waals surface area contributed by atoms with Crippen LogP contribution in [0.3, 0.4) is 0 Å². The molecular weight excluding hydrogens is 456 g/mol. The van der Waals surface area contributed by atoms with Gasteiger partial charge in [-0.05, 0) is 50.6 Å². The Morgan fingerprint density at radius 2 is 1.76 bits per heavy atom. The molecule has 1 N–H and O–H groups in total. The fourth-order valence-corrected chi connectivity index (χ4v) is 4.34. The summed E-state index contributed by atoms with van der Waals surface area (Å²) in [5, 5.41) is 17.1. The zero-order valence-electron chi connectivity index (χ0n) is 18.6. The number of benzene rings is 2. The van der Waals surface area contributed by atoms with Crippen LogP contribution < -0.4 is 5.32 Å². The van der Waals surface area contributed by atoms with Crippen LogP contribution in [0.2, 0.25) is 5.02 Å². The Morgan fingerprint density at radius 1 is 1.03 bits per heavy atom. The average molecular weight is 481 g/mol. The fraction of sp³-hybridized carbons (Fsp3) is 0.250. The Kier molecular flexibility index (Phi) is 7.15. The molecule has 7 nitrogen and oxygen atoms in total. The molecule has 0 saturated heterocycles. The monoisotopic (exact) mass is 480 g/mol. The Bertz CT molecular complexity index is 1220. The van der Waals surface area contributed by atoms with Gasteiger partial charge in [-0.3, -0.25) is 9.36 Å². The smallest absolute Gasteiger partial charge is 0.238 e. The van der Waals surface area contributed by atoms with Crippen molar-refractivity contribution in [3.63, 3.8) is 0 Å². The standard InChI is InChI=1S/C24H25ClN6OS/c1-16(2)31-21(13-14-26-31)27-23(32)17(3)33-24-29-28-22(19-9-11-20(25)12-10-19)30(24)15-18-7-5-4-6-8-18/h4-14,16-17H,15H2,1-3H3,(H,27,32). The summed E-state index contributed by atoms with van der Waals surface area (Å²) in [6, 6.07) is 19.6. The predicted octanol–water partition coefficient (Wildman–Crippen LogP) is 5.54. The highest BCUT2D eigenvalue weighted by Crippen LogP contribution is 2.29. The van der Waals surface area contributed by atoms with Gasteiger partial charge in [-0.2, -0.15) is 5.10 Å². The summed E-state index contributed by atoms with van der Waals surface area (Å²) in [5.74, 6) is 1.28. The number of hydrogen-bond donors (Lipinski definition) is 1. The van der Waals surface area contributed by atoms with E-state index in [1.165, 1.54) is 11.8 Å². The van der Waals surface area contributed by atoms with Gasteiger partial charge >= 0.3 is 0 Å². The van der Waals surface area contributed by atoms with Crippen LogP contribution >= 0.6 is 23.4 Å². The quantitative estimate of drug-likeness (QED) is 0.335. The number of halogens is 1. The van der Waals surface area contributed by atoms with E-state index in [0.717, 1.165) is 17.0 Å². The molecule has 4 rings (SSSR count). The van der Waals surface area contributed by atoms with Crippen LogP contribution in [-0.2, 0) is 11.3 Å². The Balaban J connectivity index is 1.59. The van der Waals surface area contributed by atoms with Crippen molar-refractivity contribution < 1.29 is 4.79 Å². The maximum atomic E-state index is 12.9. The summed E-state index contributed by atoms with van der Waals surface area (Å²) in [4.78, 5) is 12.9.